The first kappa shape index (κ1) is 8.81. The molecule has 1 radical (unpaired) electrons. The summed E-state index contributed by atoms with van der Waals surface area (Å²) in [7, 11) is 0. The number of hydrogen-bond acceptors (Lipinski definition) is 0. The van der Waals surface area contributed by atoms with Gasteiger partial charge in [-0.15, -0.1) is 0 Å². The van der Waals surface area contributed by atoms with E-state index in [0.29, 0.717) is 5.69 Å². The van der Waals surface area contributed by atoms with Crippen molar-refractivity contribution >= 4 is 0 Å². The van der Waals surface area contributed by atoms with E-state index in [4.69, 9.17) is 0 Å². The topological polar surface area (TPSA) is 3.88 Å². The van der Waals surface area contributed by atoms with E-state index in [0.717, 1.165) is 0 Å². The Kier molecular flexibility index (Phi) is 2.23. The Hall–Kier alpha value is -1.77. The molecule has 0 bridgehead atoms. The normalized spacial score (nSPS) is 10.1. The van der Waals surface area contributed by atoms with Gasteiger partial charge in [0, 0.05) is 24.3 Å². The summed E-state index contributed by atoms with van der Waals surface area (Å²) >= 11 is 0. The fourth-order valence-electron chi connectivity index (χ4n) is 1.19. The van der Waals surface area contributed by atoms with Crippen molar-refractivity contribution < 1.29 is 13.3 Å². The molecule has 0 aliphatic rings. The largest absolute Gasteiger partial charge is 0.213 e. The van der Waals surface area contributed by atoms with Crippen molar-refractivity contribution in [3.05, 3.63) is 60.4 Å². The molecule has 0 amide bonds. The minimum absolute atomic E-state index is 0.360. The van der Waals surface area contributed by atoms with Crippen molar-refractivity contribution in [1.82, 2.24) is 0 Å². The molecule has 1 aromatic carbocycles. The Labute approximate surface area is 80.2 Å². The summed E-state index contributed by atoms with van der Waals surface area (Å²) in [5.74, 6) is -0.819. The Bertz CT molecular complexity index is 411. The molecule has 0 aliphatic carbocycles. The zero-order chi connectivity index (χ0) is 9.97. The average Bonchev–Trinajstić information content (AvgIpc) is 2.18. The van der Waals surface area contributed by atoms with E-state index < -0.39 is 5.82 Å². The van der Waals surface area contributed by atoms with Crippen LogP contribution in [-0.4, -0.2) is 0 Å². The van der Waals surface area contributed by atoms with Crippen LogP contribution in [0, 0.1) is 17.7 Å². The fourth-order valence-corrected chi connectivity index (χ4v) is 1.19. The van der Waals surface area contributed by atoms with Crippen LogP contribution in [-0.2, 0) is 0 Å². The van der Waals surface area contributed by atoms with E-state index in [9.17, 15) is 8.78 Å². The summed E-state index contributed by atoms with van der Waals surface area (Å²) in [4.78, 5) is 0. The van der Waals surface area contributed by atoms with Crippen LogP contribution >= 0.6 is 0 Å². The number of hydrogen-bond donors (Lipinski definition) is 0. The van der Waals surface area contributed by atoms with Crippen LogP contribution in [0.3, 0.4) is 0 Å². The third-order valence-electron chi connectivity index (χ3n) is 1.81. The molecule has 2 aromatic rings. The van der Waals surface area contributed by atoms with Crippen molar-refractivity contribution in [2.45, 2.75) is 0 Å². The van der Waals surface area contributed by atoms with Crippen molar-refractivity contribution in [3.8, 4) is 5.69 Å². The summed E-state index contributed by atoms with van der Waals surface area (Å²) in [6, 6.07) is 9.68. The van der Waals surface area contributed by atoms with Crippen molar-refractivity contribution in [3.63, 3.8) is 0 Å². The fraction of sp³-hybridized carbons (Fsp3) is 0. The van der Waals surface area contributed by atoms with E-state index in [1.165, 1.54) is 29.0 Å². The van der Waals surface area contributed by atoms with E-state index in [2.05, 4.69) is 6.07 Å². The zero-order valence-electron chi connectivity index (χ0n) is 7.24. The summed E-state index contributed by atoms with van der Waals surface area (Å²) < 4.78 is 27.1. The maximum Gasteiger partial charge on any atom is 0.213 e. The molecule has 3 heteroatoms. The maximum atomic E-state index is 12.8. The molecule has 2 rings (SSSR count). The smallest absolute Gasteiger partial charge is 0.206 e. The summed E-state index contributed by atoms with van der Waals surface area (Å²) in [6.45, 7) is 0. The molecule has 0 unspecified atom stereocenters. The third-order valence-corrected chi connectivity index (χ3v) is 1.81. The Balaban J connectivity index is 2.49. The minimum atomic E-state index is -0.459. The molecule has 1 heterocycles. The Morgan fingerprint density at radius 2 is 2.07 bits per heavy atom. The predicted octanol–water partition coefficient (Wildman–Crippen LogP) is 2.04. The lowest BCUT2D eigenvalue weighted by Crippen LogP contribution is -2.29. The van der Waals surface area contributed by atoms with Gasteiger partial charge in [0.2, 0.25) is 11.9 Å². The predicted molar refractivity (Wildman–Crippen MR) is 46.7 cm³/mol. The second-order valence-corrected chi connectivity index (χ2v) is 2.82. The van der Waals surface area contributed by atoms with Gasteiger partial charge in [0.1, 0.15) is 5.82 Å². The standard InChI is InChI=1S/C11H7F2N/c12-9-3-1-5-11(7-9)14-6-2-4-10(13)8-14/h1-2,4-8H/q+1. The van der Waals surface area contributed by atoms with Gasteiger partial charge in [0.25, 0.3) is 0 Å². The quantitative estimate of drug-likeness (QED) is 0.607. The number of pyridine rings is 1. The molecule has 0 atom stereocenters. The van der Waals surface area contributed by atoms with Gasteiger partial charge in [-0.2, -0.15) is 4.57 Å². The number of nitrogens with zero attached hydrogens (tertiary/aromatic N) is 1. The number of aromatic nitrogens is 1. The molecule has 0 spiro atoms. The van der Waals surface area contributed by atoms with E-state index in [1.54, 1.807) is 18.3 Å². The highest BCUT2D eigenvalue weighted by atomic mass is 19.1. The minimum Gasteiger partial charge on any atom is -0.206 e. The summed E-state index contributed by atoms with van der Waals surface area (Å²) in [6.07, 6.45) is 2.94. The van der Waals surface area contributed by atoms with E-state index in [-0.39, 0.29) is 5.82 Å². The molecule has 0 saturated heterocycles. The van der Waals surface area contributed by atoms with E-state index >= 15 is 0 Å². The average molecular weight is 191 g/mol. The number of benzene rings is 1. The van der Waals surface area contributed by atoms with Gasteiger partial charge >= 0.3 is 0 Å². The first-order chi connectivity index (χ1) is 6.75. The number of rotatable bonds is 1. The molecular formula is C11H7F2N+. The van der Waals surface area contributed by atoms with Gasteiger partial charge < -0.3 is 0 Å². The lowest BCUT2D eigenvalue weighted by molar-refractivity contribution is -0.597. The monoisotopic (exact) mass is 191 g/mol. The van der Waals surface area contributed by atoms with Crippen LogP contribution in [0.25, 0.3) is 5.69 Å². The highest BCUT2D eigenvalue weighted by Crippen LogP contribution is 2.02. The van der Waals surface area contributed by atoms with Crippen molar-refractivity contribution in [1.29, 1.82) is 0 Å². The Morgan fingerprint density at radius 3 is 2.79 bits per heavy atom. The zero-order valence-corrected chi connectivity index (χ0v) is 7.24. The second-order valence-electron chi connectivity index (χ2n) is 2.82. The van der Waals surface area contributed by atoms with Crippen LogP contribution < -0.4 is 4.57 Å². The maximum absolute atomic E-state index is 12.8. The van der Waals surface area contributed by atoms with Gasteiger partial charge in [0.15, 0.2) is 12.0 Å². The van der Waals surface area contributed by atoms with Crippen LogP contribution in [0.5, 0.6) is 0 Å². The van der Waals surface area contributed by atoms with Crippen molar-refractivity contribution in [2.75, 3.05) is 0 Å². The molecule has 0 saturated carbocycles. The van der Waals surface area contributed by atoms with E-state index in [1.807, 2.05) is 0 Å². The van der Waals surface area contributed by atoms with Crippen LogP contribution in [0.1, 0.15) is 0 Å². The SMILES string of the molecule is Fc1[c]ccc(-[n+]2cccc(F)c2)c1. The second kappa shape index (κ2) is 3.54. The molecule has 0 N–H and O–H groups in total. The van der Waals surface area contributed by atoms with Crippen LogP contribution in [0.15, 0.2) is 42.7 Å². The van der Waals surface area contributed by atoms with Gasteiger partial charge in [-0.05, 0) is 12.1 Å². The Morgan fingerprint density at radius 1 is 1.21 bits per heavy atom. The highest BCUT2D eigenvalue weighted by Gasteiger charge is 2.07. The first-order valence-electron chi connectivity index (χ1n) is 4.10. The van der Waals surface area contributed by atoms with Gasteiger partial charge in [0.05, 0.1) is 0 Å². The van der Waals surface area contributed by atoms with Gasteiger partial charge in [-0.3, -0.25) is 0 Å². The third kappa shape index (κ3) is 1.76. The summed E-state index contributed by atoms with van der Waals surface area (Å²) in [5.41, 5.74) is 0.570. The van der Waals surface area contributed by atoms with Crippen LogP contribution in [0.4, 0.5) is 8.78 Å². The van der Waals surface area contributed by atoms with Gasteiger partial charge in [-0.25, -0.2) is 8.78 Å². The first-order valence-corrected chi connectivity index (χ1v) is 4.10. The van der Waals surface area contributed by atoms with Crippen molar-refractivity contribution in [2.24, 2.45) is 0 Å². The lowest BCUT2D eigenvalue weighted by Gasteiger charge is -1.94. The highest BCUT2D eigenvalue weighted by molar-refractivity contribution is 5.21. The van der Waals surface area contributed by atoms with Crippen LogP contribution in [0.2, 0.25) is 0 Å². The molecular weight excluding hydrogens is 184 g/mol. The number of halogens is 2. The molecule has 0 aliphatic heterocycles. The summed E-state index contributed by atoms with van der Waals surface area (Å²) in [5, 5.41) is 0. The lowest BCUT2D eigenvalue weighted by atomic mass is 10.3. The molecule has 1 aromatic heterocycles. The molecule has 14 heavy (non-hydrogen) atoms. The molecule has 69 valence electrons. The molecule has 1 nitrogen and oxygen atoms in total. The molecule has 0 fully saturated rings. The van der Waals surface area contributed by atoms with Gasteiger partial charge in [-0.1, -0.05) is 0 Å².